The van der Waals surface area contributed by atoms with Crippen molar-refractivity contribution in [2.75, 3.05) is 5.32 Å². The predicted molar refractivity (Wildman–Crippen MR) is 117 cm³/mol. The van der Waals surface area contributed by atoms with Gasteiger partial charge in [0.05, 0.1) is 12.2 Å². The summed E-state index contributed by atoms with van der Waals surface area (Å²) in [6.45, 7) is 0.273. The number of alkyl halides is 3. The maximum atomic E-state index is 12.5. The number of hydrogen-bond donors (Lipinski definition) is 4. The lowest BCUT2D eigenvalue weighted by Gasteiger charge is -2.08. The quantitative estimate of drug-likeness (QED) is 0.302. The van der Waals surface area contributed by atoms with Gasteiger partial charge in [-0.1, -0.05) is 12.1 Å². The van der Waals surface area contributed by atoms with E-state index in [0.29, 0.717) is 16.5 Å². The number of aromatic nitrogens is 6. The molecular formula is C20H17F3N8O2S. The molecule has 0 atom stereocenters. The monoisotopic (exact) mass is 490 g/mol. The van der Waals surface area contributed by atoms with Crippen LogP contribution in [0.5, 0.6) is 5.88 Å². The van der Waals surface area contributed by atoms with Crippen LogP contribution in [0, 0.1) is 0 Å². The molecule has 0 unspecified atom stereocenters. The van der Waals surface area contributed by atoms with Crippen molar-refractivity contribution < 1.29 is 18.3 Å². The molecule has 1 fully saturated rings. The lowest BCUT2D eigenvalue weighted by atomic mass is 10.2. The van der Waals surface area contributed by atoms with Gasteiger partial charge in [0.2, 0.25) is 11.8 Å². The van der Waals surface area contributed by atoms with Crippen LogP contribution >= 0.6 is 11.8 Å². The smallest absolute Gasteiger partial charge is 0.446 e. The van der Waals surface area contributed by atoms with Crippen LogP contribution in [-0.4, -0.2) is 46.2 Å². The Morgan fingerprint density at radius 1 is 1.24 bits per heavy atom. The van der Waals surface area contributed by atoms with Gasteiger partial charge in [0.1, 0.15) is 5.69 Å². The topological polar surface area (TPSA) is 136 Å². The third kappa shape index (κ3) is 5.06. The number of halogens is 3. The lowest BCUT2D eigenvalue weighted by molar-refractivity contribution is -0.0328. The molecule has 0 radical (unpaired) electrons. The summed E-state index contributed by atoms with van der Waals surface area (Å²) in [6.07, 6.45) is 4.94. The Morgan fingerprint density at radius 2 is 2.00 bits per heavy atom. The largest absolute Gasteiger partial charge is 0.493 e. The van der Waals surface area contributed by atoms with E-state index >= 15 is 0 Å². The number of rotatable bonds is 6. The molecule has 1 aliphatic rings. The van der Waals surface area contributed by atoms with Gasteiger partial charge in [-0.3, -0.25) is 4.98 Å². The number of imidazole rings is 1. The SMILES string of the molecule is O=c1[nH]c(O)c(/C=c2\cnn3c(=NC4CC4)nc(NCc4ccc(SC(F)(F)F)cc4)nc23)[nH]1. The van der Waals surface area contributed by atoms with Crippen molar-refractivity contribution in [3.8, 4) is 5.88 Å². The highest BCUT2D eigenvalue weighted by Crippen LogP contribution is 2.36. The molecule has 4 N–H and O–H groups in total. The van der Waals surface area contributed by atoms with E-state index in [9.17, 15) is 23.1 Å². The van der Waals surface area contributed by atoms with Crippen molar-refractivity contribution in [1.29, 1.82) is 0 Å². The molecule has 0 saturated heterocycles. The van der Waals surface area contributed by atoms with Gasteiger partial charge in [-0.15, -0.1) is 0 Å². The Balaban J connectivity index is 1.46. The summed E-state index contributed by atoms with van der Waals surface area (Å²) in [5, 5.41) is 17.7. The molecule has 3 aromatic heterocycles. The first-order valence-corrected chi connectivity index (χ1v) is 11.0. The van der Waals surface area contributed by atoms with Crippen LogP contribution in [0.3, 0.4) is 0 Å². The van der Waals surface area contributed by atoms with Crippen molar-refractivity contribution in [3.05, 3.63) is 63.0 Å². The van der Waals surface area contributed by atoms with E-state index in [1.54, 1.807) is 12.1 Å². The van der Waals surface area contributed by atoms with Crippen LogP contribution < -0.4 is 21.8 Å². The highest BCUT2D eigenvalue weighted by Gasteiger charge is 2.29. The van der Waals surface area contributed by atoms with Crippen LogP contribution in [0.4, 0.5) is 19.1 Å². The maximum absolute atomic E-state index is 12.5. The first-order valence-electron chi connectivity index (χ1n) is 10.1. The lowest BCUT2D eigenvalue weighted by Crippen LogP contribution is -2.24. The Bertz CT molecular complexity index is 1520. The summed E-state index contributed by atoms with van der Waals surface area (Å²) in [7, 11) is 0. The van der Waals surface area contributed by atoms with Crippen molar-refractivity contribution in [1.82, 2.24) is 29.5 Å². The number of aromatic amines is 2. The molecular weight excluding hydrogens is 473 g/mol. The number of thioether (sulfide) groups is 1. The highest BCUT2D eigenvalue weighted by atomic mass is 32.2. The van der Waals surface area contributed by atoms with E-state index in [-0.39, 0.29) is 46.8 Å². The summed E-state index contributed by atoms with van der Waals surface area (Å²) >= 11 is -0.168. The minimum atomic E-state index is -4.34. The average molecular weight is 490 g/mol. The van der Waals surface area contributed by atoms with Crippen molar-refractivity contribution in [2.45, 2.75) is 35.8 Å². The third-order valence-electron chi connectivity index (χ3n) is 4.87. The molecule has 176 valence electrons. The number of aromatic hydroxyl groups is 1. The molecule has 1 aromatic carbocycles. The van der Waals surface area contributed by atoms with E-state index in [1.165, 1.54) is 28.9 Å². The van der Waals surface area contributed by atoms with E-state index < -0.39 is 11.2 Å². The van der Waals surface area contributed by atoms with Gasteiger partial charge in [0, 0.05) is 16.7 Å². The van der Waals surface area contributed by atoms with Gasteiger partial charge >= 0.3 is 11.2 Å². The summed E-state index contributed by atoms with van der Waals surface area (Å²) in [6, 6.07) is 6.16. The van der Waals surface area contributed by atoms with Crippen molar-refractivity contribution in [2.24, 2.45) is 4.99 Å². The Kier molecular flexibility index (Phi) is 5.51. The van der Waals surface area contributed by atoms with Crippen LogP contribution in [0.1, 0.15) is 24.1 Å². The van der Waals surface area contributed by atoms with Gasteiger partial charge < -0.3 is 15.4 Å². The summed E-state index contributed by atoms with van der Waals surface area (Å²) < 4.78 is 39.0. The van der Waals surface area contributed by atoms with Gasteiger partial charge in [-0.2, -0.15) is 32.8 Å². The Labute approximate surface area is 192 Å². The zero-order valence-corrected chi connectivity index (χ0v) is 18.1. The fourth-order valence-electron chi connectivity index (χ4n) is 3.15. The van der Waals surface area contributed by atoms with Gasteiger partial charge in [0.15, 0.2) is 5.65 Å². The number of nitrogens with zero attached hydrogens (tertiary/aromatic N) is 5. The van der Waals surface area contributed by atoms with Crippen LogP contribution in [0.15, 0.2) is 45.1 Å². The van der Waals surface area contributed by atoms with Gasteiger partial charge in [-0.05, 0) is 48.4 Å². The fourth-order valence-corrected chi connectivity index (χ4v) is 3.69. The Morgan fingerprint density at radius 3 is 2.65 bits per heavy atom. The zero-order chi connectivity index (χ0) is 23.9. The van der Waals surface area contributed by atoms with Gasteiger partial charge in [-0.25, -0.2) is 9.79 Å². The third-order valence-corrected chi connectivity index (χ3v) is 5.61. The first-order chi connectivity index (χ1) is 16.2. The molecule has 5 rings (SSSR count). The summed E-state index contributed by atoms with van der Waals surface area (Å²) in [5.74, 6) is -0.0608. The second-order valence-corrected chi connectivity index (χ2v) is 8.71. The molecule has 0 aliphatic heterocycles. The van der Waals surface area contributed by atoms with Crippen LogP contribution in [-0.2, 0) is 6.54 Å². The maximum Gasteiger partial charge on any atom is 0.446 e. The van der Waals surface area contributed by atoms with E-state index in [4.69, 9.17) is 0 Å². The van der Waals surface area contributed by atoms with E-state index in [2.05, 4.69) is 35.3 Å². The number of anilines is 1. The number of H-pyrrole nitrogens is 2. The minimum Gasteiger partial charge on any atom is -0.493 e. The minimum absolute atomic E-state index is 0.102. The molecule has 10 nitrogen and oxygen atoms in total. The molecule has 1 saturated carbocycles. The molecule has 0 spiro atoms. The fraction of sp³-hybridized carbons (Fsp3) is 0.250. The molecule has 0 amide bonds. The molecule has 3 heterocycles. The normalized spacial score (nSPS) is 15.4. The summed E-state index contributed by atoms with van der Waals surface area (Å²) in [4.78, 5) is 29.7. The Hall–Kier alpha value is -3.81. The van der Waals surface area contributed by atoms with Crippen LogP contribution in [0.25, 0.3) is 11.7 Å². The van der Waals surface area contributed by atoms with Crippen molar-refractivity contribution >= 4 is 29.4 Å². The van der Waals surface area contributed by atoms with Crippen LogP contribution in [0.2, 0.25) is 0 Å². The molecule has 14 heteroatoms. The number of hydrogen-bond acceptors (Lipinski definition) is 8. The van der Waals surface area contributed by atoms with E-state index in [0.717, 1.165) is 18.4 Å². The number of benzene rings is 1. The van der Waals surface area contributed by atoms with E-state index in [1.807, 2.05) is 0 Å². The van der Waals surface area contributed by atoms with Gasteiger partial charge in [0.25, 0.3) is 5.62 Å². The summed E-state index contributed by atoms with van der Waals surface area (Å²) in [5.41, 5.74) is -3.24. The number of fused-ring (bicyclic) bond motifs is 1. The zero-order valence-electron chi connectivity index (χ0n) is 17.3. The molecule has 0 bridgehead atoms. The second kappa shape index (κ2) is 8.52. The average Bonchev–Trinajstić information content (AvgIpc) is 3.40. The standard InChI is InChI=1S/C20H17F3N8O2S/c21-20(22,23)34-13-5-1-10(2-6-13)8-24-17-28-15-11(7-14-16(32)29-19(33)27-14)9-25-31(15)18(30-17)26-12-3-4-12/h1-2,5-7,9,12,32H,3-4,8H2,(H,24,26,30)(H2,27,29,33)/b11-7+. The number of nitrogens with one attached hydrogen (secondary N) is 3. The van der Waals surface area contributed by atoms with Crippen molar-refractivity contribution in [3.63, 3.8) is 0 Å². The molecule has 1 aliphatic carbocycles. The second-order valence-electron chi connectivity index (χ2n) is 7.57. The molecule has 4 aromatic rings. The highest BCUT2D eigenvalue weighted by molar-refractivity contribution is 8.00. The first kappa shape index (κ1) is 22.0. The predicted octanol–water partition coefficient (Wildman–Crippen LogP) is 1.68. The molecule has 34 heavy (non-hydrogen) atoms.